The minimum Gasteiger partial charge on any atom is -0.393 e. The molecular weight excluding hydrogens is 344 g/mol. The van der Waals surface area contributed by atoms with Crippen LogP contribution in [0.3, 0.4) is 0 Å². The summed E-state index contributed by atoms with van der Waals surface area (Å²) in [6.45, 7) is 0.302. The second-order valence-corrected chi connectivity index (χ2v) is 7.03. The standard InChI is InChI=1S/C20H22N4O3/c25-14-11-13(12-14)19(16-6-3-4-9-21-16)23-18(26)8-10-24-17-7-2-1-5-15(17)22-20(24)27/h1-7,9,13-14,19,25H,8,10-12H2,(H,22,27)(H,23,26)/t13?,14?,19-/m0/s1. The van der Waals surface area contributed by atoms with Crippen LogP contribution in [0, 0.1) is 5.92 Å². The maximum absolute atomic E-state index is 12.6. The van der Waals surface area contributed by atoms with Gasteiger partial charge in [0.2, 0.25) is 5.91 Å². The van der Waals surface area contributed by atoms with Crippen LogP contribution in [-0.2, 0) is 11.3 Å². The number of para-hydroxylation sites is 2. The normalized spacial score (nSPS) is 20.2. The number of imidazole rings is 1. The third-order valence-corrected chi connectivity index (χ3v) is 5.19. The van der Waals surface area contributed by atoms with Crippen molar-refractivity contribution in [3.8, 4) is 0 Å². The molecule has 2 aromatic heterocycles. The van der Waals surface area contributed by atoms with Gasteiger partial charge in [-0.25, -0.2) is 4.79 Å². The van der Waals surface area contributed by atoms with Crippen LogP contribution >= 0.6 is 0 Å². The molecule has 1 atom stereocenters. The molecule has 1 aromatic carbocycles. The predicted octanol–water partition coefficient (Wildman–Crippen LogP) is 1.74. The molecule has 0 radical (unpaired) electrons. The molecule has 4 rings (SSSR count). The minimum atomic E-state index is -0.303. The molecule has 7 heteroatoms. The van der Waals surface area contributed by atoms with E-state index < -0.39 is 0 Å². The maximum Gasteiger partial charge on any atom is 0.326 e. The Morgan fingerprint density at radius 1 is 1.26 bits per heavy atom. The lowest BCUT2D eigenvalue weighted by molar-refractivity contribution is -0.123. The molecule has 1 aliphatic carbocycles. The largest absolute Gasteiger partial charge is 0.393 e. The summed E-state index contributed by atoms with van der Waals surface area (Å²) in [6, 6.07) is 12.8. The van der Waals surface area contributed by atoms with Crippen LogP contribution in [0.25, 0.3) is 11.0 Å². The van der Waals surface area contributed by atoms with Gasteiger partial charge in [-0.2, -0.15) is 0 Å². The zero-order valence-corrected chi connectivity index (χ0v) is 14.8. The summed E-state index contributed by atoms with van der Waals surface area (Å²) in [5.41, 5.74) is 2.14. The lowest BCUT2D eigenvalue weighted by atomic mass is 9.76. The summed E-state index contributed by atoms with van der Waals surface area (Å²) in [6.07, 6.45) is 2.91. The molecule has 0 unspecified atom stereocenters. The van der Waals surface area contributed by atoms with Crippen LogP contribution in [0.1, 0.15) is 31.0 Å². The molecule has 0 aliphatic heterocycles. The van der Waals surface area contributed by atoms with Crippen molar-refractivity contribution in [1.29, 1.82) is 0 Å². The van der Waals surface area contributed by atoms with E-state index in [0.29, 0.717) is 19.4 Å². The van der Waals surface area contributed by atoms with Gasteiger partial charge in [0.05, 0.1) is 28.9 Å². The van der Waals surface area contributed by atoms with E-state index in [1.165, 1.54) is 0 Å². The Hall–Kier alpha value is -2.93. The minimum absolute atomic E-state index is 0.135. The first-order valence-electron chi connectivity index (χ1n) is 9.17. The van der Waals surface area contributed by atoms with Crippen LogP contribution < -0.4 is 11.0 Å². The van der Waals surface area contributed by atoms with E-state index in [2.05, 4.69) is 15.3 Å². The van der Waals surface area contributed by atoms with Gasteiger partial charge in [-0.05, 0) is 43.0 Å². The summed E-state index contributed by atoms with van der Waals surface area (Å²) >= 11 is 0. The summed E-state index contributed by atoms with van der Waals surface area (Å²) in [7, 11) is 0. The number of aromatic amines is 1. The van der Waals surface area contributed by atoms with Crippen LogP contribution in [-0.4, -0.2) is 31.7 Å². The average Bonchev–Trinajstić information content (AvgIpc) is 2.98. The Morgan fingerprint density at radius 2 is 2.04 bits per heavy atom. The van der Waals surface area contributed by atoms with E-state index in [1.54, 1.807) is 10.8 Å². The number of carbonyl (C=O) groups excluding carboxylic acids is 1. The molecule has 2 heterocycles. The molecule has 0 bridgehead atoms. The van der Waals surface area contributed by atoms with E-state index in [4.69, 9.17) is 0 Å². The molecule has 7 nitrogen and oxygen atoms in total. The Labute approximate surface area is 156 Å². The van der Waals surface area contributed by atoms with Crippen LogP contribution in [0.5, 0.6) is 0 Å². The number of benzene rings is 1. The quantitative estimate of drug-likeness (QED) is 0.619. The highest BCUT2D eigenvalue weighted by Gasteiger charge is 2.36. The fourth-order valence-corrected chi connectivity index (χ4v) is 3.68. The summed E-state index contributed by atoms with van der Waals surface area (Å²) < 4.78 is 1.58. The first kappa shape index (κ1) is 17.5. The number of pyridine rings is 1. The molecule has 3 N–H and O–H groups in total. The molecule has 1 aliphatic rings. The van der Waals surface area contributed by atoms with Crippen molar-refractivity contribution >= 4 is 16.9 Å². The Morgan fingerprint density at radius 3 is 2.78 bits per heavy atom. The van der Waals surface area contributed by atoms with Crippen molar-refractivity contribution in [2.75, 3.05) is 0 Å². The van der Waals surface area contributed by atoms with E-state index in [1.807, 2.05) is 42.5 Å². The fraction of sp³-hybridized carbons (Fsp3) is 0.350. The number of hydrogen-bond acceptors (Lipinski definition) is 4. The molecule has 0 saturated heterocycles. The average molecular weight is 366 g/mol. The molecule has 1 fully saturated rings. The van der Waals surface area contributed by atoms with Crippen molar-refractivity contribution in [3.63, 3.8) is 0 Å². The van der Waals surface area contributed by atoms with Gasteiger partial charge >= 0.3 is 5.69 Å². The molecule has 1 amide bonds. The number of rotatable bonds is 6. The van der Waals surface area contributed by atoms with Gasteiger partial charge in [0.15, 0.2) is 0 Å². The highest BCUT2D eigenvalue weighted by atomic mass is 16.3. The zero-order valence-electron chi connectivity index (χ0n) is 14.8. The van der Waals surface area contributed by atoms with Gasteiger partial charge in [0.25, 0.3) is 0 Å². The third kappa shape index (κ3) is 3.64. The van der Waals surface area contributed by atoms with Crippen LogP contribution in [0.15, 0.2) is 53.5 Å². The molecular formula is C20H22N4O3. The highest BCUT2D eigenvalue weighted by Crippen LogP contribution is 2.37. The topological polar surface area (TPSA) is 100 Å². The van der Waals surface area contributed by atoms with Gasteiger partial charge in [-0.1, -0.05) is 18.2 Å². The smallest absolute Gasteiger partial charge is 0.326 e. The monoisotopic (exact) mass is 366 g/mol. The maximum atomic E-state index is 12.6. The van der Waals surface area contributed by atoms with Crippen molar-refractivity contribution in [2.45, 2.75) is 38.0 Å². The zero-order chi connectivity index (χ0) is 18.8. The molecule has 1 saturated carbocycles. The molecule has 27 heavy (non-hydrogen) atoms. The number of nitrogens with one attached hydrogen (secondary N) is 2. The molecule has 140 valence electrons. The van der Waals surface area contributed by atoms with Crippen molar-refractivity contribution in [2.24, 2.45) is 5.92 Å². The Kier molecular flexibility index (Phi) is 4.77. The number of fused-ring (bicyclic) bond motifs is 1. The van der Waals surface area contributed by atoms with Crippen molar-refractivity contribution < 1.29 is 9.90 Å². The second kappa shape index (κ2) is 7.36. The van der Waals surface area contributed by atoms with E-state index in [-0.39, 0.29) is 36.1 Å². The number of aromatic nitrogens is 3. The number of aryl methyl sites for hydroxylation is 1. The first-order chi connectivity index (χ1) is 13.1. The van der Waals surface area contributed by atoms with Gasteiger partial charge in [-0.3, -0.25) is 14.3 Å². The number of aliphatic hydroxyl groups is 1. The van der Waals surface area contributed by atoms with Gasteiger partial charge in [-0.15, -0.1) is 0 Å². The number of hydrogen-bond donors (Lipinski definition) is 3. The number of nitrogens with zero attached hydrogens (tertiary/aromatic N) is 2. The van der Waals surface area contributed by atoms with Crippen molar-refractivity contribution in [3.05, 3.63) is 64.8 Å². The summed E-state index contributed by atoms with van der Waals surface area (Å²) in [4.78, 5) is 31.9. The molecule has 0 spiro atoms. The van der Waals surface area contributed by atoms with Gasteiger partial charge in [0, 0.05) is 19.2 Å². The van der Waals surface area contributed by atoms with Gasteiger partial charge < -0.3 is 15.4 Å². The van der Waals surface area contributed by atoms with E-state index in [0.717, 1.165) is 16.7 Å². The summed E-state index contributed by atoms with van der Waals surface area (Å²) in [5.74, 6) is 0.0406. The number of aliphatic hydroxyl groups excluding tert-OH is 1. The lowest BCUT2D eigenvalue weighted by Crippen LogP contribution is -2.42. The Balaban J connectivity index is 1.45. The third-order valence-electron chi connectivity index (χ3n) is 5.19. The number of amides is 1. The fourth-order valence-electron chi connectivity index (χ4n) is 3.68. The molecule has 3 aromatic rings. The van der Waals surface area contributed by atoms with Gasteiger partial charge in [0.1, 0.15) is 0 Å². The highest BCUT2D eigenvalue weighted by molar-refractivity contribution is 5.77. The summed E-state index contributed by atoms with van der Waals surface area (Å²) in [5, 5.41) is 12.7. The first-order valence-corrected chi connectivity index (χ1v) is 9.17. The van der Waals surface area contributed by atoms with E-state index in [9.17, 15) is 14.7 Å². The number of carbonyl (C=O) groups is 1. The van der Waals surface area contributed by atoms with Crippen LogP contribution in [0.4, 0.5) is 0 Å². The predicted molar refractivity (Wildman–Crippen MR) is 101 cm³/mol. The van der Waals surface area contributed by atoms with E-state index >= 15 is 0 Å². The Bertz CT molecular complexity index is 989. The van der Waals surface area contributed by atoms with Crippen molar-refractivity contribution in [1.82, 2.24) is 19.9 Å². The van der Waals surface area contributed by atoms with Crippen LogP contribution in [0.2, 0.25) is 0 Å². The lowest BCUT2D eigenvalue weighted by Gasteiger charge is -2.37. The second-order valence-electron chi connectivity index (χ2n) is 7.03. The SMILES string of the molecule is O=C(CCn1c(=O)[nH]c2ccccc21)N[C@H](c1ccccn1)C1CC(O)C1. The number of H-pyrrole nitrogens is 1.